The number of hydrogen-bond acceptors (Lipinski definition) is 5. The van der Waals surface area contributed by atoms with Crippen LogP contribution in [0.1, 0.15) is 5.56 Å². The average Bonchev–Trinajstić information content (AvgIpc) is 3.42. The van der Waals surface area contributed by atoms with Crippen molar-refractivity contribution < 1.29 is 14.3 Å². The summed E-state index contributed by atoms with van der Waals surface area (Å²) in [7, 11) is 0. The second-order valence-electron chi connectivity index (χ2n) is 6.23. The van der Waals surface area contributed by atoms with Gasteiger partial charge in [-0.1, -0.05) is 18.2 Å². The predicted molar refractivity (Wildman–Crippen MR) is 109 cm³/mol. The number of carbonyl (C=O) groups excluding carboxylic acids is 1. The van der Waals surface area contributed by atoms with Crippen LogP contribution >= 0.6 is 11.3 Å². The minimum atomic E-state index is -0.201. The lowest BCUT2D eigenvalue weighted by atomic mass is 10.1. The fourth-order valence-electron chi connectivity index (χ4n) is 2.96. The minimum absolute atomic E-state index is 0.201. The van der Waals surface area contributed by atoms with Gasteiger partial charge in [-0.15, -0.1) is 11.3 Å². The fourth-order valence-corrected chi connectivity index (χ4v) is 3.66. The number of nitrogens with zero attached hydrogens (tertiary/aromatic N) is 2. The number of fused-ring (bicyclic) bond motifs is 2. The molecule has 0 atom stereocenters. The van der Waals surface area contributed by atoms with Gasteiger partial charge in [-0.2, -0.15) is 0 Å². The molecule has 0 spiro atoms. The Bertz CT molecular complexity index is 1160. The lowest BCUT2D eigenvalue weighted by molar-refractivity contribution is -0.111. The van der Waals surface area contributed by atoms with Crippen LogP contribution in [-0.2, 0) is 4.79 Å². The van der Waals surface area contributed by atoms with Crippen LogP contribution in [-0.4, -0.2) is 22.1 Å². The highest BCUT2D eigenvalue weighted by molar-refractivity contribution is 7.15. The second-order valence-corrected chi connectivity index (χ2v) is 7.10. The molecule has 7 heteroatoms. The zero-order chi connectivity index (χ0) is 18.9. The van der Waals surface area contributed by atoms with Crippen LogP contribution in [0, 0.1) is 0 Å². The van der Waals surface area contributed by atoms with Crippen molar-refractivity contribution in [2.45, 2.75) is 0 Å². The zero-order valence-electron chi connectivity index (χ0n) is 14.7. The molecular weight excluding hydrogens is 374 g/mol. The van der Waals surface area contributed by atoms with E-state index in [9.17, 15) is 4.79 Å². The number of ether oxygens (including phenoxy) is 2. The molecule has 0 fully saturated rings. The van der Waals surface area contributed by atoms with Gasteiger partial charge in [0.05, 0.1) is 5.69 Å². The van der Waals surface area contributed by atoms with Crippen molar-refractivity contribution in [1.82, 2.24) is 9.38 Å². The third-order valence-corrected chi connectivity index (χ3v) is 5.14. The first-order chi connectivity index (χ1) is 13.7. The molecule has 1 aliphatic rings. The third kappa shape index (κ3) is 3.23. The molecule has 0 aliphatic carbocycles. The molecule has 1 aliphatic heterocycles. The van der Waals surface area contributed by atoms with Crippen LogP contribution in [0.3, 0.4) is 0 Å². The van der Waals surface area contributed by atoms with Gasteiger partial charge in [-0.25, -0.2) is 4.98 Å². The van der Waals surface area contributed by atoms with Crippen LogP contribution < -0.4 is 14.8 Å². The Morgan fingerprint density at radius 3 is 2.86 bits per heavy atom. The number of nitrogens with one attached hydrogen (secondary N) is 1. The maximum Gasteiger partial charge on any atom is 0.248 e. The quantitative estimate of drug-likeness (QED) is 0.524. The monoisotopic (exact) mass is 389 g/mol. The number of anilines is 1. The standard InChI is InChI=1S/C21H15N3O3S/c25-20(8-2-14-1-7-18-19(11-14)27-13-26-18)22-16-5-3-15(4-6-16)17-12-24-9-10-28-21(24)23-17/h1-12H,13H2,(H,22,25)/b8-2+. The molecule has 28 heavy (non-hydrogen) atoms. The van der Waals surface area contributed by atoms with E-state index in [0.29, 0.717) is 5.75 Å². The molecule has 1 amide bonds. The molecule has 0 bridgehead atoms. The average molecular weight is 389 g/mol. The molecule has 3 heterocycles. The van der Waals surface area contributed by atoms with E-state index in [1.807, 2.05) is 64.6 Å². The Morgan fingerprint density at radius 2 is 2.00 bits per heavy atom. The largest absolute Gasteiger partial charge is 0.454 e. The summed E-state index contributed by atoms with van der Waals surface area (Å²) in [5.41, 5.74) is 3.51. The molecule has 6 nitrogen and oxygen atoms in total. The van der Waals surface area contributed by atoms with E-state index < -0.39 is 0 Å². The van der Waals surface area contributed by atoms with Gasteiger partial charge in [-0.3, -0.25) is 9.20 Å². The van der Waals surface area contributed by atoms with Crippen LogP contribution in [0.25, 0.3) is 22.3 Å². The summed E-state index contributed by atoms with van der Waals surface area (Å²) in [6, 6.07) is 13.2. The normalized spacial score (nSPS) is 12.7. The smallest absolute Gasteiger partial charge is 0.248 e. The number of thiazole rings is 1. The number of rotatable bonds is 4. The molecule has 2 aromatic heterocycles. The maximum atomic E-state index is 12.2. The number of benzene rings is 2. The van der Waals surface area contributed by atoms with E-state index >= 15 is 0 Å². The molecule has 138 valence electrons. The maximum absolute atomic E-state index is 12.2. The number of carbonyl (C=O) groups is 1. The molecule has 4 aromatic rings. The van der Waals surface area contributed by atoms with Crippen molar-refractivity contribution in [2.75, 3.05) is 12.1 Å². The molecule has 0 saturated heterocycles. The molecule has 0 saturated carbocycles. The van der Waals surface area contributed by atoms with E-state index in [2.05, 4.69) is 10.3 Å². The van der Waals surface area contributed by atoms with Gasteiger partial charge >= 0.3 is 0 Å². The highest BCUT2D eigenvalue weighted by Crippen LogP contribution is 2.32. The Hall–Kier alpha value is -3.58. The molecule has 0 radical (unpaired) electrons. The van der Waals surface area contributed by atoms with Crippen molar-refractivity contribution in [1.29, 1.82) is 0 Å². The van der Waals surface area contributed by atoms with Crippen LogP contribution in [0.4, 0.5) is 5.69 Å². The Balaban J connectivity index is 1.25. The summed E-state index contributed by atoms with van der Waals surface area (Å²) in [5.74, 6) is 1.21. The predicted octanol–water partition coefficient (Wildman–Crippen LogP) is 4.44. The van der Waals surface area contributed by atoms with Crippen molar-refractivity contribution >= 4 is 34.0 Å². The topological polar surface area (TPSA) is 64.9 Å². The summed E-state index contributed by atoms with van der Waals surface area (Å²) in [4.78, 5) is 17.7. The van der Waals surface area contributed by atoms with E-state index in [1.165, 1.54) is 6.08 Å². The van der Waals surface area contributed by atoms with E-state index in [0.717, 1.165) is 33.2 Å². The minimum Gasteiger partial charge on any atom is -0.454 e. The van der Waals surface area contributed by atoms with Gasteiger partial charge < -0.3 is 14.8 Å². The lowest BCUT2D eigenvalue weighted by Gasteiger charge is -2.03. The Kier molecular flexibility index (Phi) is 4.06. The Morgan fingerprint density at radius 1 is 1.14 bits per heavy atom. The first kappa shape index (κ1) is 16.6. The van der Waals surface area contributed by atoms with E-state index in [1.54, 1.807) is 17.4 Å². The van der Waals surface area contributed by atoms with Gasteiger partial charge in [0, 0.05) is 35.1 Å². The summed E-state index contributed by atoms with van der Waals surface area (Å²) < 4.78 is 12.6. The van der Waals surface area contributed by atoms with Crippen LogP contribution in [0.5, 0.6) is 11.5 Å². The number of hydrogen-bond donors (Lipinski definition) is 1. The Labute approximate surface area is 164 Å². The van der Waals surface area contributed by atoms with Crippen molar-refractivity contribution in [3.05, 3.63) is 71.9 Å². The molecule has 2 aromatic carbocycles. The highest BCUT2D eigenvalue weighted by Gasteiger charge is 2.12. The molecule has 0 unspecified atom stereocenters. The van der Waals surface area contributed by atoms with Gasteiger partial charge in [0.1, 0.15) is 0 Å². The third-order valence-electron chi connectivity index (χ3n) is 4.37. The van der Waals surface area contributed by atoms with E-state index in [-0.39, 0.29) is 12.7 Å². The first-order valence-corrected chi connectivity index (χ1v) is 9.54. The summed E-state index contributed by atoms with van der Waals surface area (Å²) in [6.45, 7) is 0.232. The lowest BCUT2D eigenvalue weighted by Crippen LogP contribution is -2.07. The fraction of sp³-hybridized carbons (Fsp3) is 0.0476. The first-order valence-electron chi connectivity index (χ1n) is 8.66. The van der Waals surface area contributed by atoms with Crippen molar-refractivity contribution in [3.63, 3.8) is 0 Å². The van der Waals surface area contributed by atoms with Gasteiger partial charge in [-0.05, 0) is 35.9 Å². The van der Waals surface area contributed by atoms with Crippen LogP contribution in [0.2, 0.25) is 0 Å². The van der Waals surface area contributed by atoms with Crippen molar-refractivity contribution in [2.24, 2.45) is 0 Å². The highest BCUT2D eigenvalue weighted by atomic mass is 32.1. The summed E-state index contributed by atoms with van der Waals surface area (Å²) in [6.07, 6.45) is 7.21. The van der Waals surface area contributed by atoms with Crippen molar-refractivity contribution in [3.8, 4) is 22.8 Å². The second kappa shape index (κ2) is 6.86. The van der Waals surface area contributed by atoms with E-state index in [4.69, 9.17) is 9.47 Å². The van der Waals surface area contributed by atoms with Gasteiger partial charge in [0.25, 0.3) is 0 Å². The van der Waals surface area contributed by atoms with Crippen LogP contribution in [0.15, 0.2) is 66.3 Å². The van der Waals surface area contributed by atoms with Gasteiger partial charge in [0.2, 0.25) is 12.7 Å². The number of amides is 1. The summed E-state index contributed by atoms with van der Waals surface area (Å²) in [5, 5.41) is 4.86. The molecule has 5 rings (SSSR count). The number of imidazole rings is 1. The van der Waals surface area contributed by atoms with Gasteiger partial charge in [0.15, 0.2) is 16.5 Å². The summed E-state index contributed by atoms with van der Waals surface area (Å²) >= 11 is 1.60. The molecular formula is C21H15N3O3S. The number of aromatic nitrogens is 2. The molecule has 1 N–H and O–H groups in total. The zero-order valence-corrected chi connectivity index (χ0v) is 15.5. The SMILES string of the molecule is O=C(/C=C/c1ccc2c(c1)OCO2)Nc1ccc(-c2cn3ccsc3n2)cc1.